The Bertz CT molecular complexity index is 910. The van der Waals surface area contributed by atoms with Gasteiger partial charge in [0.1, 0.15) is 10.3 Å². The minimum absolute atomic E-state index is 0.0920. The number of rotatable bonds is 6. The van der Waals surface area contributed by atoms with Crippen molar-refractivity contribution in [1.82, 2.24) is 19.5 Å². The van der Waals surface area contributed by atoms with Crippen molar-refractivity contribution in [2.24, 2.45) is 0 Å². The Balaban J connectivity index is 1.31. The molecule has 1 unspecified atom stereocenters. The van der Waals surface area contributed by atoms with Crippen molar-refractivity contribution in [3.8, 4) is 0 Å². The fourth-order valence-electron chi connectivity index (χ4n) is 4.07. The van der Waals surface area contributed by atoms with Crippen molar-refractivity contribution in [3.63, 3.8) is 0 Å². The molecular formula is C20H26N4O3S2. The van der Waals surface area contributed by atoms with Gasteiger partial charge in [0, 0.05) is 38.4 Å². The zero-order chi connectivity index (χ0) is 20.3. The number of hydrogen-bond acceptors (Lipinski definition) is 6. The molecule has 1 N–H and O–H groups in total. The van der Waals surface area contributed by atoms with Gasteiger partial charge in [-0.3, -0.25) is 14.7 Å². The highest BCUT2D eigenvalue weighted by Crippen LogP contribution is 2.29. The van der Waals surface area contributed by atoms with Crippen LogP contribution >= 0.6 is 11.3 Å². The van der Waals surface area contributed by atoms with Gasteiger partial charge in [-0.25, -0.2) is 8.42 Å². The van der Waals surface area contributed by atoms with Crippen LogP contribution in [0.4, 0.5) is 0 Å². The Morgan fingerprint density at radius 1 is 1.14 bits per heavy atom. The lowest BCUT2D eigenvalue weighted by molar-refractivity contribution is -0.125. The summed E-state index contributed by atoms with van der Waals surface area (Å²) in [6.07, 6.45) is 4.83. The normalized spacial score (nSPS) is 22.0. The van der Waals surface area contributed by atoms with Crippen LogP contribution in [0.25, 0.3) is 0 Å². The van der Waals surface area contributed by atoms with Crippen molar-refractivity contribution >= 4 is 27.3 Å². The van der Waals surface area contributed by atoms with E-state index < -0.39 is 16.1 Å². The number of hydrogen-bond donors (Lipinski definition) is 1. The summed E-state index contributed by atoms with van der Waals surface area (Å²) in [7, 11) is -3.60. The number of aromatic nitrogens is 1. The van der Waals surface area contributed by atoms with Gasteiger partial charge < -0.3 is 5.32 Å². The van der Waals surface area contributed by atoms with Crippen LogP contribution in [-0.4, -0.2) is 60.2 Å². The molecule has 0 spiro atoms. The molecule has 0 aliphatic carbocycles. The molecule has 9 heteroatoms. The van der Waals surface area contributed by atoms with Gasteiger partial charge in [-0.05, 0) is 49.3 Å². The van der Waals surface area contributed by atoms with Gasteiger partial charge in [0.15, 0.2) is 0 Å². The lowest BCUT2D eigenvalue weighted by atomic mass is 10.0. The second-order valence-corrected chi connectivity index (χ2v) is 10.7. The Morgan fingerprint density at radius 3 is 2.66 bits per heavy atom. The van der Waals surface area contributed by atoms with E-state index in [2.05, 4.69) is 15.2 Å². The number of carbonyl (C=O) groups is 1. The summed E-state index contributed by atoms with van der Waals surface area (Å²) >= 11 is 1.20. The van der Waals surface area contributed by atoms with Crippen LogP contribution in [0.1, 0.15) is 31.4 Å². The number of amides is 1. The zero-order valence-electron chi connectivity index (χ0n) is 16.2. The summed E-state index contributed by atoms with van der Waals surface area (Å²) in [5.41, 5.74) is 1.05. The summed E-state index contributed by atoms with van der Waals surface area (Å²) in [5.74, 6) is -0.161. The number of nitrogens with zero attached hydrogens (tertiary/aromatic N) is 3. The monoisotopic (exact) mass is 434 g/mol. The second-order valence-electron chi connectivity index (χ2n) is 7.59. The molecule has 2 fully saturated rings. The van der Waals surface area contributed by atoms with E-state index in [0.717, 1.165) is 38.2 Å². The van der Waals surface area contributed by atoms with Gasteiger partial charge >= 0.3 is 0 Å². The molecule has 4 rings (SSSR count). The number of piperidine rings is 1. The predicted molar refractivity (Wildman–Crippen MR) is 112 cm³/mol. The van der Waals surface area contributed by atoms with Gasteiger partial charge in [-0.2, -0.15) is 4.31 Å². The molecule has 29 heavy (non-hydrogen) atoms. The van der Waals surface area contributed by atoms with Crippen LogP contribution in [0.2, 0.25) is 0 Å². The Morgan fingerprint density at radius 2 is 1.97 bits per heavy atom. The fraction of sp³-hybridized carbons (Fsp3) is 0.500. The van der Waals surface area contributed by atoms with Crippen molar-refractivity contribution in [2.45, 2.75) is 48.5 Å². The molecule has 0 bridgehead atoms. The quantitative estimate of drug-likeness (QED) is 0.753. The molecule has 2 aliphatic rings. The van der Waals surface area contributed by atoms with E-state index in [-0.39, 0.29) is 11.9 Å². The van der Waals surface area contributed by atoms with Crippen LogP contribution in [0.15, 0.2) is 46.1 Å². The van der Waals surface area contributed by atoms with Crippen LogP contribution in [-0.2, 0) is 21.4 Å². The molecule has 4 heterocycles. The Kier molecular flexibility index (Phi) is 6.29. The number of thiophene rings is 1. The van der Waals surface area contributed by atoms with Crippen molar-refractivity contribution < 1.29 is 13.2 Å². The molecule has 2 aromatic heterocycles. The van der Waals surface area contributed by atoms with Gasteiger partial charge in [-0.1, -0.05) is 12.1 Å². The molecule has 0 radical (unpaired) electrons. The maximum Gasteiger partial charge on any atom is 0.253 e. The highest BCUT2D eigenvalue weighted by atomic mass is 32.2. The average Bonchev–Trinajstić information content (AvgIpc) is 3.43. The largest absolute Gasteiger partial charge is 0.352 e. The summed E-state index contributed by atoms with van der Waals surface area (Å²) in [4.78, 5) is 19.6. The first-order chi connectivity index (χ1) is 14.0. The smallest absolute Gasteiger partial charge is 0.253 e. The van der Waals surface area contributed by atoms with Crippen molar-refractivity contribution in [2.75, 3.05) is 19.6 Å². The lowest BCUT2D eigenvalue weighted by Gasteiger charge is -2.33. The van der Waals surface area contributed by atoms with Crippen LogP contribution in [0.3, 0.4) is 0 Å². The van der Waals surface area contributed by atoms with E-state index >= 15 is 0 Å². The fourth-order valence-corrected chi connectivity index (χ4v) is 6.85. The average molecular weight is 435 g/mol. The number of carbonyl (C=O) groups excluding carboxylic acids is 1. The van der Waals surface area contributed by atoms with E-state index in [4.69, 9.17) is 0 Å². The molecule has 2 saturated heterocycles. The number of likely N-dealkylation sites (tertiary alicyclic amines) is 1. The zero-order valence-corrected chi connectivity index (χ0v) is 17.9. The third-order valence-electron chi connectivity index (χ3n) is 5.61. The molecule has 1 atom stereocenters. The molecule has 2 aromatic rings. The van der Waals surface area contributed by atoms with Gasteiger partial charge in [0.25, 0.3) is 10.0 Å². The second kappa shape index (κ2) is 8.91. The number of sulfonamides is 1. The van der Waals surface area contributed by atoms with E-state index in [1.165, 1.54) is 15.6 Å². The summed E-state index contributed by atoms with van der Waals surface area (Å²) in [6.45, 7) is 3.00. The summed E-state index contributed by atoms with van der Waals surface area (Å²) in [6, 6.07) is 8.74. The molecule has 7 nitrogen and oxygen atoms in total. The van der Waals surface area contributed by atoms with Crippen LogP contribution in [0.5, 0.6) is 0 Å². The third-order valence-corrected chi connectivity index (χ3v) is 8.89. The third kappa shape index (κ3) is 4.69. The van der Waals surface area contributed by atoms with E-state index in [9.17, 15) is 13.2 Å². The molecule has 156 valence electrons. The summed E-state index contributed by atoms with van der Waals surface area (Å²) in [5, 5.41) is 4.86. The van der Waals surface area contributed by atoms with Gasteiger partial charge in [0.05, 0.1) is 5.69 Å². The molecule has 1 amide bonds. The Hall–Kier alpha value is -1.81. The van der Waals surface area contributed by atoms with Crippen LogP contribution < -0.4 is 5.32 Å². The number of nitrogens with one attached hydrogen (secondary N) is 1. The summed E-state index contributed by atoms with van der Waals surface area (Å²) < 4.78 is 27.4. The first-order valence-corrected chi connectivity index (χ1v) is 12.3. The molecule has 2 aliphatic heterocycles. The highest BCUT2D eigenvalue weighted by molar-refractivity contribution is 7.91. The SMILES string of the molecule is O=C(NC1CCN(Cc2ccccn2)CC1)C1CCCN1S(=O)(=O)c1cccs1. The van der Waals surface area contributed by atoms with Crippen LogP contribution in [0, 0.1) is 0 Å². The van der Waals surface area contributed by atoms with Gasteiger partial charge in [0.2, 0.25) is 5.91 Å². The van der Waals surface area contributed by atoms with Gasteiger partial charge in [-0.15, -0.1) is 11.3 Å². The predicted octanol–water partition coefficient (Wildman–Crippen LogP) is 2.08. The topological polar surface area (TPSA) is 82.6 Å². The van der Waals surface area contributed by atoms with E-state index in [0.29, 0.717) is 23.6 Å². The van der Waals surface area contributed by atoms with Crippen molar-refractivity contribution in [1.29, 1.82) is 0 Å². The molecule has 0 aromatic carbocycles. The first-order valence-electron chi connectivity index (χ1n) is 10.0. The minimum Gasteiger partial charge on any atom is -0.352 e. The van der Waals surface area contributed by atoms with E-state index in [1.807, 2.05) is 18.2 Å². The Labute approximate surface area is 175 Å². The van der Waals surface area contributed by atoms with E-state index in [1.54, 1.807) is 23.7 Å². The minimum atomic E-state index is -3.60. The maximum atomic E-state index is 12.9. The maximum absolute atomic E-state index is 12.9. The first kappa shape index (κ1) is 20.5. The highest BCUT2D eigenvalue weighted by Gasteiger charge is 2.40. The lowest BCUT2D eigenvalue weighted by Crippen LogP contribution is -2.51. The molecule has 0 saturated carbocycles. The van der Waals surface area contributed by atoms with Crippen molar-refractivity contribution in [3.05, 3.63) is 47.6 Å². The number of pyridine rings is 1. The molecular weight excluding hydrogens is 408 g/mol. The standard InChI is InChI=1S/C20H26N4O3S2/c25-20(18-6-3-11-24(18)29(26,27)19-7-4-14-28-19)22-16-8-12-23(13-9-16)15-17-5-1-2-10-21-17/h1-2,4-5,7,10,14,16,18H,3,6,8-9,11-13,15H2,(H,22,25).